The number of halogens is 1. The molecule has 0 radical (unpaired) electrons. The first-order chi connectivity index (χ1) is 26.0. The number of likely N-dealkylation sites (tertiary alicyclic amines) is 1. The van der Waals surface area contributed by atoms with Gasteiger partial charge < -0.3 is 26.0 Å². The number of esters is 1. The number of fused-ring (bicyclic) bond motifs is 3. The van der Waals surface area contributed by atoms with Gasteiger partial charge in [0.25, 0.3) is 0 Å². The number of carbonyl (C=O) groups excluding carboxylic acids is 4. The number of aliphatic imine (C=N–C) groups is 1. The van der Waals surface area contributed by atoms with E-state index in [0.717, 1.165) is 38.1 Å². The second-order valence-electron chi connectivity index (χ2n) is 13.1. The quantitative estimate of drug-likeness (QED) is 0.163. The Hall–Kier alpha value is -5.36. The van der Waals surface area contributed by atoms with E-state index in [1.54, 1.807) is 28.4 Å². The molecule has 2 aliphatic rings. The molecule has 4 heterocycles. The molecule has 0 spiro atoms. The number of hydrogen-bond donors (Lipinski definition) is 3. The summed E-state index contributed by atoms with van der Waals surface area (Å²) in [5.41, 5.74) is 10.4. The molecule has 2 aromatic heterocycles. The van der Waals surface area contributed by atoms with Crippen LogP contribution >= 0.6 is 22.9 Å². The summed E-state index contributed by atoms with van der Waals surface area (Å²) in [6, 6.07) is 11.7. The van der Waals surface area contributed by atoms with Gasteiger partial charge in [-0.15, -0.1) is 21.5 Å². The van der Waals surface area contributed by atoms with Crippen molar-refractivity contribution in [2.45, 2.75) is 52.5 Å². The van der Waals surface area contributed by atoms with Crippen molar-refractivity contribution in [3.63, 3.8) is 0 Å². The summed E-state index contributed by atoms with van der Waals surface area (Å²) in [6.45, 7) is 7.17. The molecule has 1 saturated heterocycles. The molecule has 1 atom stereocenters. The van der Waals surface area contributed by atoms with Gasteiger partial charge in [-0.3, -0.25) is 23.9 Å². The molecule has 4 aromatic rings. The molecule has 6 rings (SSSR count). The number of piperidine rings is 1. The smallest absolute Gasteiger partial charge is 0.339 e. The van der Waals surface area contributed by atoms with Crippen LogP contribution in [0.5, 0.6) is 0 Å². The Labute approximate surface area is 322 Å². The maximum absolute atomic E-state index is 13.8. The SMILES string of the molecule is COC(=O)c1ccc(NC(=O)CCNC(=O)C2CCN(C(=O)C[C@@H]3N=C(c4ccc(Cl)cc4)c4c(sc(C)c4C)-n4c(C)nnc43)CC2)cc1C#CCN. The molecule has 0 unspecified atom stereocenters. The third-order valence-electron chi connectivity index (χ3n) is 9.63. The van der Waals surface area contributed by atoms with Crippen molar-refractivity contribution in [1.82, 2.24) is 25.0 Å². The zero-order valence-electron chi connectivity index (χ0n) is 30.5. The van der Waals surface area contributed by atoms with Crippen LogP contribution in [0.15, 0.2) is 47.5 Å². The number of thiophene rings is 1. The van der Waals surface area contributed by atoms with Gasteiger partial charge >= 0.3 is 5.97 Å². The van der Waals surface area contributed by atoms with Crippen LogP contribution in [0, 0.1) is 38.5 Å². The van der Waals surface area contributed by atoms with Crippen molar-refractivity contribution in [3.8, 4) is 16.8 Å². The van der Waals surface area contributed by atoms with Crippen molar-refractivity contribution in [3.05, 3.63) is 91.8 Å². The minimum Gasteiger partial charge on any atom is -0.465 e. The van der Waals surface area contributed by atoms with E-state index >= 15 is 0 Å². The average molecular weight is 769 g/mol. The number of hydrogen-bond acceptors (Lipinski definition) is 10. The number of anilines is 1. The van der Waals surface area contributed by atoms with Crippen molar-refractivity contribution in [1.29, 1.82) is 0 Å². The van der Waals surface area contributed by atoms with E-state index < -0.39 is 12.0 Å². The summed E-state index contributed by atoms with van der Waals surface area (Å²) in [5.74, 6) is 5.49. The molecule has 1 fully saturated rings. The number of benzene rings is 2. The lowest BCUT2D eigenvalue weighted by molar-refractivity contribution is -0.136. The minimum absolute atomic E-state index is 0.0430. The molecule has 13 nitrogen and oxygen atoms in total. The lowest BCUT2D eigenvalue weighted by atomic mass is 9.95. The van der Waals surface area contributed by atoms with Gasteiger partial charge in [0.15, 0.2) is 5.82 Å². The molecule has 2 aromatic carbocycles. The zero-order valence-corrected chi connectivity index (χ0v) is 32.1. The maximum Gasteiger partial charge on any atom is 0.339 e. The van der Waals surface area contributed by atoms with Gasteiger partial charge in [-0.25, -0.2) is 4.79 Å². The fourth-order valence-electron chi connectivity index (χ4n) is 6.64. The Morgan fingerprint density at radius 2 is 1.80 bits per heavy atom. The first kappa shape index (κ1) is 38.4. The number of nitrogens with two attached hydrogens (primary N) is 1. The third-order valence-corrected chi connectivity index (χ3v) is 11.1. The van der Waals surface area contributed by atoms with Gasteiger partial charge in [0.1, 0.15) is 16.9 Å². The number of nitrogens with zero attached hydrogens (tertiary/aromatic N) is 5. The van der Waals surface area contributed by atoms with Gasteiger partial charge in [-0.1, -0.05) is 35.6 Å². The molecule has 4 N–H and O–H groups in total. The summed E-state index contributed by atoms with van der Waals surface area (Å²) in [4.78, 5) is 59.8. The van der Waals surface area contributed by atoms with Crippen LogP contribution in [-0.4, -0.2) is 82.4 Å². The fraction of sp³-hybridized carbons (Fsp3) is 0.359. The number of rotatable bonds is 9. The third kappa shape index (κ3) is 8.23. The number of amides is 3. The van der Waals surface area contributed by atoms with Gasteiger partial charge in [-0.05, 0) is 69.5 Å². The number of methoxy groups -OCH3 is 1. The highest BCUT2D eigenvalue weighted by atomic mass is 35.5. The number of aromatic nitrogens is 3. The molecule has 280 valence electrons. The van der Waals surface area contributed by atoms with Crippen molar-refractivity contribution >= 4 is 58.0 Å². The average Bonchev–Trinajstić information content (AvgIpc) is 3.65. The molecular weight excluding hydrogens is 728 g/mol. The summed E-state index contributed by atoms with van der Waals surface area (Å²) in [5, 5.41) is 16.1. The summed E-state index contributed by atoms with van der Waals surface area (Å²) in [7, 11) is 1.28. The lowest BCUT2D eigenvalue weighted by Crippen LogP contribution is -2.43. The van der Waals surface area contributed by atoms with Crippen LogP contribution < -0.4 is 16.4 Å². The lowest BCUT2D eigenvalue weighted by Gasteiger charge is -2.32. The second kappa shape index (κ2) is 16.8. The van der Waals surface area contributed by atoms with Gasteiger partial charge in [0.05, 0.1) is 31.4 Å². The van der Waals surface area contributed by atoms with E-state index in [2.05, 4.69) is 46.5 Å². The van der Waals surface area contributed by atoms with E-state index in [4.69, 9.17) is 27.1 Å². The van der Waals surface area contributed by atoms with E-state index in [0.29, 0.717) is 48.0 Å². The van der Waals surface area contributed by atoms with E-state index in [1.165, 1.54) is 13.2 Å². The maximum atomic E-state index is 13.8. The van der Waals surface area contributed by atoms with Crippen LogP contribution in [0.1, 0.15) is 80.9 Å². The molecule has 3 amide bonds. The normalized spacial score (nSPS) is 15.2. The van der Waals surface area contributed by atoms with Crippen LogP contribution in [-0.2, 0) is 19.1 Å². The van der Waals surface area contributed by atoms with Crippen molar-refractivity contribution < 1.29 is 23.9 Å². The summed E-state index contributed by atoms with van der Waals surface area (Å²) in [6.07, 6.45) is 1.14. The summed E-state index contributed by atoms with van der Waals surface area (Å²) < 4.78 is 6.83. The molecule has 54 heavy (non-hydrogen) atoms. The van der Waals surface area contributed by atoms with Crippen molar-refractivity contribution in [2.75, 3.05) is 38.6 Å². The van der Waals surface area contributed by atoms with Gasteiger partial charge in [0, 0.05) is 64.3 Å². The first-order valence-corrected chi connectivity index (χ1v) is 18.8. The molecular formula is C39H41ClN8O5S. The first-order valence-electron chi connectivity index (χ1n) is 17.6. The Bertz CT molecular complexity index is 2190. The predicted octanol–water partition coefficient (Wildman–Crippen LogP) is 4.67. The Balaban J connectivity index is 1.05. The van der Waals surface area contributed by atoms with Crippen LogP contribution in [0.2, 0.25) is 5.02 Å². The highest BCUT2D eigenvalue weighted by Crippen LogP contribution is 2.40. The molecule has 15 heteroatoms. The minimum atomic E-state index is -0.577. The second-order valence-corrected chi connectivity index (χ2v) is 14.8. The summed E-state index contributed by atoms with van der Waals surface area (Å²) >= 11 is 7.89. The Morgan fingerprint density at radius 1 is 1.06 bits per heavy atom. The molecule has 0 bridgehead atoms. The highest BCUT2D eigenvalue weighted by molar-refractivity contribution is 7.15. The van der Waals surface area contributed by atoms with E-state index in [1.807, 2.05) is 35.8 Å². The van der Waals surface area contributed by atoms with E-state index in [-0.39, 0.29) is 55.1 Å². The molecule has 2 aliphatic heterocycles. The number of aryl methyl sites for hydroxylation is 2. The highest BCUT2D eigenvalue weighted by Gasteiger charge is 2.34. The van der Waals surface area contributed by atoms with Gasteiger partial charge in [-0.2, -0.15) is 0 Å². The Morgan fingerprint density at radius 3 is 2.50 bits per heavy atom. The standard InChI is InChI=1S/C39H41ClN8O5S/c1-22-23(2)54-38-34(22)35(25-7-9-28(40)10-8-25)44-31(36-46-45-24(3)48(36)38)21-33(50)47-18-14-26(15-19-47)37(51)42-17-13-32(49)43-29-11-12-30(39(52)53-4)27(20-29)6-5-16-41/h7-12,20,26,31H,13-19,21,41H2,1-4H3,(H,42,51)(H,43,49)/t31-/m0/s1. The molecule has 0 saturated carbocycles. The van der Waals surface area contributed by atoms with Crippen LogP contribution in [0.3, 0.4) is 0 Å². The van der Waals surface area contributed by atoms with Crippen LogP contribution in [0.25, 0.3) is 5.00 Å². The largest absolute Gasteiger partial charge is 0.465 e. The van der Waals surface area contributed by atoms with Crippen LogP contribution in [0.4, 0.5) is 5.69 Å². The topological polar surface area (TPSA) is 174 Å². The monoisotopic (exact) mass is 768 g/mol. The number of nitrogens with one attached hydrogen (secondary N) is 2. The Kier molecular flexibility index (Phi) is 11.9. The number of carbonyl (C=O) groups is 4. The van der Waals surface area contributed by atoms with E-state index in [9.17, 15) is 19.2 Å². The van der Waals surface area contributed by atoms with Crippen molar-refractivity contribution in [2.24, 2.45) is 16.6 Å². The predicted molar refractivity (Wildman–Crippen MR) is 207 cm³/mol. The fourth-order valence-corrected chi connectivity index (χ4v) is 7.98. The zero-order chi connectivity index (χ0) is 38.5. The number of ether oxygens (including phenoxy) is 1. The molecule has 0 aliphatic carbocycles. The van der Waals surface area contributed by atoms with Gasteiger partial charge in [0.2, 0.25) is 17.7 Å².